The zero-order valence-electron chi connectivity index (χ0n) is 10.3. The van der Waals surface area contributed by atoms with Gasteiger partial charge in [0.15, 0.2) is 0 Å². The molecule has 1 heterocycles. The molecule has 2 rings (SSSR count). The molecule has 18 heavy (non-hydrogen) atoms. The molecule has 0 aliphatic rings. The van der Waals surface area contributed by atoms with Crippen molar-refractivity contribution in [3.63, 3.8) is 0 Å². The molecule has 0 unspecified atom stereocenters. The van der Waals surface area contributed by atoms with Gasteiger partial charge in [-0.15, -0.1) is 11.8 Å². The van der Waals surface area contributed by atoms with Crippen molar-refractivity contribution in [2.75, 3.05) is 11.6 Å². The minimum absolute atomic E-state index is 0.135. The molecule has 3 nitrogen and oxygen atoms in total. The summed E-state index contributed by atoms with van der Waals surface area (Å²) >= 11 is 1.65. The molecule has 0 spiro atoms. The second-order valence-corrected chi connectivity index (χ2v) is 4.73. The molecule has 0 bridgehead atoms. The van der Waals surface area contributed by atoms with Gasteiger partial charge in [0.25, 0.3) is 5.91 Å². The van der Waals surface area contributed by atoms with Crippen LogP contribution >= 0.6 is 11.8 Å². The molecule has 1 N–H and O–H groups in total. The Bertz CT molecular complexity index is 552. The maximum Gasteiger partial charge on any atom is 0.256 e. The summed E-state index contributed by atoms with van der Waals surface area (Å²) in [5.74, 6) is 0.473. The van der Waals surface area contributed by atoms with Crippen LogP contribution in [0, 0.1) is 6.92 Å². The van der Waals surface area contributed by atoms with Crippen LogP contribution in [-0.4, -0.2) is 17.1 Å². The number of rotatable bonds is 3. The van der Waals surface area contributed by atoms with Crippen LogP contribution in [0.3, 0.4) is 0 Å². The fourth-order valence-corrected chi connectivity index (χ4v) is 1.95. The van der Waals surface area contributed by atoms with Crippen molar-refractivity contribution < 1.29 is 4.79 Å². The van der Waals surface area contributed by atoms with E-state index in [-0.39, 0.29) is 5.91 Å². The monoisotopic (exact) mass is 258 g/mol. The van der Waals surface area contributed by atoms with E-state index in [4.69, 9.17) is 0 Å². The molecule has 0 saturated carbocycles. The molecule has 4 heteroatoms. The Morgan fingerprint density at radius 1 is 1.22 bits per heavy atom. The van der Waals surface area contributed by atoms with Crippen molar-refractivity contribution in [2.45, 2.75) is 11.8 Å². The summed E-state index contributed by atoms with van der Waals surface area (Å²) < 4.78 is 0. The maximum atomic E-state index is 12.0. The number of amides is 1. The van der Waals surface area contributed by atoms with E-state index in [1.54, 1.807) is 18.0 Å². The number of nitrogens with zero attached hydrogens (tertiary/aromatic N) is 1. The minimum atomic E-state index is -0.135. The van der Waals surface area contributed by atoms with Crippen LogP contribution < -0.4 is 5.32 Å². The number of hydrogen-bond acceptors (Lipinski definition) is 3. The molecule has 2 aromatic rings. The van der Waals surface area contributed by atoms with Gasteiger partial charge >= 0.3 is 0 Å². The van der Waals surface area contributed by atoms with Gasteiger partial charge in [-0.2, -0.15) is 0 Å². The van der Waals surface area contributed by atoms with E-state index >= 15 is 0 Å². The minimum Gasteiger partial charge on any atom is -0.306 e. The first kappa shape index (κ1) is 12.6. The Hall–Kier alpha value is -1.81. The molecule has 0 saturated heterocycles. The molecule has 1 aromatic carbocycles. The van der Waals surface area contributed by atoms with E-state index in [2.05, 4.69) is 10.3 Å². The number of hydrogen-bond donors (Lipinski definition) is 1. The highest BCUT2D eigenvalue weighted by Crippen LogP contribution is 2.16. The van der Waals surface area contributed by atoms with Crippen molar-refractivity contribution in [1.82, 2.24) is 4.98 Å². The summed E-state index contributed by atoms with van der Waals surface area (Å²) in [6.07, 6.45) is 3.67. The lowest BCUT2D eigenvalue weighted by Crippen LogP contribution is -2.13. The van der Waals surface area contributed by atoms with E-state index in [0.29, 0.717) is 11.4 Å². The second kappa shape index (κ2) is 5.69. The van der Waals surface area contributed by atoms with Crippen LogP contribution in [-0.2, 0) is 0 Å². The smallest absolute Gasteiger partial charge is 0.256 e. The number of anilines is 1. The van der Waals surface area contributed by atoms with E-state index < -0.39 is 0 Å². The highest BCUT2D eigenvalue weighted by molar-refractivity contribution is 7.98. The SMILES string of the molecule is CSc1ccc(C(=O)Nc2ncccc2C)cc1. The van der Waals surface area contributed by atoms with Crippen LogP contribution in [0.2, 0.25) is 0 Å². The van der Waals surface area contributed by atoms with E-state index in [9.17, 15) is 4.79 Å². The second-order valence-electron chi connectivity index (χ2n) is 3.85. The van der Waals surface area contributed by atoms with Gasteiger partial charge in [0.1, 0.15) is 5.82 Å². The summed E-state index contributed by atoms with van der Waals surface area (Å²) in [7, 11) is 0. The first-order chi connectivity index (χ1) is 8.70. The van der Waals surface area contributed by atoms with Gasteiger partial charge < -0.3 is 5.32 Å². The Kier molecular flexibility index (Phi) is 3.99. The molecule has 0 fully saturated rings. The zero-order chi connectivity index (χ0) is 13.0. The third-order valence-corrected chi connectivity index (χ3v) is 3.34. The predicted octanol–water partition coefficient (Wildman–Crippen LogP) is 3.36. The maximum absolute atomic E-state index is 12.0. The zero-order valence-corrected chi connectivity index (χ0v) is 11.1. The van der Waals surface area contributed by atoms with Gasteiger partial charge in [-0.3, -0.25) is 4.79 Å². The molecule has 0 aliphatic carbocycles. The van der Waals surface area contributed by atoms with Crippen molar-refractivity contribution in [3.05, 3.63) is 53.7 Å². The Morgan fingerprint density at radius 2 is 1.94 bits per heavy atom. The summed E-state index contributed by atoms with van der Waals surface area (Å²) in [5, 5.41) is 2.81. The number of thioether (sulfide) groups is 1. The molecule has 0 radical (unpaired) electrons. The lowest BCUT2D eigenvalue weighted by atomic mass is 10.2. The first-order valence-corrected chi connectivity index (χ1v) is 6.80. The van der Waals surface area contributed by atoms with Crippen molar-refractivity contribution >= 4 is 23.5 Å². The number of aryl methyl sites for hydroxylation is 1. The molecular weight excluding hydrogens is 244 g/mol. The van der Waals surface area contributed by atoms with Gasteiger partial charge in [0.2, 0.25) is 0 Å². The molecule has 1 amide bonds. The number of nitrogens with one attached hydrogen (secondary N) is 1. The molecule has 0 aliphatic heterocycles. The molecule has 1 aromatic heterocycles. The Morgan fingerprint density at radius 3 is 2.56 bits per heavy atom. The van der Waals surface area contributed by atoms with Crippen LogP contribution in [0.15, 0.2) is 47.5 Å². The van der Waals surface area contributed by atoms with Crippen molar-refractivity contribution in [2.24, 2.45) is 0 Å². The van der Waals surface area contributed by atoms with E-state index in [1.165, 1.54) is 0 Å². The summed E-state index contributed by atoms with van der Waals surface area (Å²) in [6.45, 7) is 1.92. The topological polar surface area (TPSA) is 42.0 Å². The highest BCUT2D eigenvalue weighted by Gasteiger charge is 2.07. The number of pyridine rings is 1. The van der Waals surface area contributed by atoms with Crippen molar-refractivity contribution in [3.8, 4) is 0 Å². The van der Waals surface area contributed by atoms with Crippen molar-refractivity contribution in [1.29, 1.82) is 0 Å². The van der Waals surface area contributed by atoms with Crippen LogP contribution in [0.4, 0.5) is 5.82 Å². The number of benzene rings is 1. The fraction of sp³-hybridized carbons (Fsp3) is 0.143. The van der Waals surface area contributed by atoms with Gasteiger partial charge in [-0.1, -0.05) is 6.07 Å². The summed E-state index contributed by atoms with van der Waals surface area (Å²) in [6, 6.07) is 11.3. The summed E-state index contributed by atoms with van der Waals surface area (Å²) in [5.41, 5.74) is 1.59. The normalized spacial score (nSPS) is 10.1. The number of aromatic nitrogens is 1. The molecular formula is C14H14N2OS. The third kappa shape index (κ3) is 2.90. The van der Waals surface area contributed by atoms with Gasteiger partial charge in [0.05, 0.1) is 0 Å². The predicted molar refractivity (Wildman–Crippen MR) is 75.2 cm³/mol. The Labute approximate surface area is 111 Å². The van der Waals surface area contributed by atoms with Gasteiger partial charge in [-0.05, 0) is 49.1 Å². The van der Waals surface area contributed by atoms with Gasteiger partial charge in [0, 0.05) is 16.7 Å². The number of carbonyl (C=O) groups is 1. The fourth-order valence-electron chi connectivity index (χ4n) is 1.54. The molecule has 92 valence electrons. The van der Waals surface area contributed by atoms with Gasteiger partial charge in [-0.25, -0.2) is 4.98 Å². The summed E-state index contributed by atoms with van der Waals surface area (Å²) in [4.78, 5) is 17.3. The number of carbonyl (C=O) groups excluding carboxylic acids is 1. The lowest BCUT2D eigenvalue weighted by molar-refractivity contribution is 0.102. The average Bonchev–Trinajstić information content (AvgIpc) is 2.41. The first-order valence-electron chi connectivity index (χ1n) is 5.58. The van der Waals surface area contributed by atoms with E-state index in [0.717, 1.165) is 10.5 Å². The third-order valence-electron chi connectivity index (χ3n) is 2.59. The lowest BCUT2D eigenvalue weighted by Gasteiger charge is -2.07. The van der Waals surface area contributed by atoms with Crippen LogP contribution in [0.5, 0.6) is 0 Å². The quantitative estimate of drug-likeness (QED) is 0.858. The average molecular weight is 258 g/mol. The highest BCUT2D eigenvalue weighted by atomic mass is 32.2. The van der Waals surface area contributed by atoms with Crippen LogP contribution in [0.25, 0.3) is 0 Å². The standard InChI is InChI=1S/C14H14N2OS/c1-10-4-3-9-15-13(10)16-14(17)11-5-7-12(18-2)8-6-11/h3-9H,1-2H3,(H,15,16,17). The largest absolute Gasteiger partial charge is 0.306 e. The van der Waals surface area contributed by atoms with Crippen LogP contribution in [0.1, 0.15) is 15.9 Å². The Balaban J connectivity index is 2.14. The molecule has 0 atom stereocenters. The van der Waals surface area contributed by atoms with E-state index in [1.807, 2.05) is 49.6 Å².